The number of fused-ring (bicyclic) bond motifs is 1. The number of aliphatic imine (C=N–C) groups is 1. The summed E-state index contributed by atoms with van der Waals surface area (Å²) in [6.45, 7) is 6.06. The van der Waals surface area contributed by atoms with Crippen molar-refractivity contribution >= 4 is 44.0 Å². The standard InChI is InChI=1S/C23H27N3O3S2/c1-3-25(4-2)18-10-12-19(13-11-18)26-20-15-31(28,29)16-21(20)30-23(26)24-22(27)14-17-8-6-5-7-9-17/h5-13,20-21H,3-4,14-16H2,1-2H3/t20-,21+/m1/s1. The molecule has 8 heteroatoms. The van der Waals surface area contributed by atoms with E-state index >= 15 is 0 Å². The minimum atomic E-state index is -3.09. The Balaban J connectivity index is 1.63. The van der Waals surface area contributed by atoms with Crippen molar-refractivity contribution in [2.45, 2.75) is 31.6 Å². The molecule has 4 rings (SSSR count). The van der Waals surface area contributed by atoms with E-state index in [9.17, 15) is 13.2 Å². The molecule has 2 saturated heterocycles. The van der Waals surface area contributed by atoms with Gasteiger partial charge in [-0.25, -0.2) is 8.42 Å². The van der Waals surface area contributed by atoms with E-state index in [-0.39, 0.29) is 35.1 Å². The van der Waals surface area contributed by atoms with Crippen LogP contribution in [0, 0.1) is 0 Å². The summed E-state index contributed by atoms with van der Waals surface area (Å²) >= 11 is 1.41. The molecule has 2 aromatic carbocycles. The Morgan fingerprint density at radius 2 is 1.74 bits per heavy atom. The van der Waals surface area contributed by atoms with Crippen LogP contribution in [0.2, 0.25) is 0 Å². The largest absolute Gasteiger partial charge is 0.372 e. The van der Waals surface area contributed by atoms with Gasteiger partial charge in [-0.15, -0.1) is 0 Å². The highest BCUT2D eigenvalue weighted by molar-refractivity contribution is 8.16. The second kappa shape index (κ2) is 9.04. The van der Waals surface area contributed by atoms with Crippen molar-refractivity contribution in [3.05, 3.63) is 60.2 Å². The van der Waals surface area contributed by atoms with Gasteiger partial charge in [-0.3, -0.25) is 4.79 Å². The van der Waals surface area contributed by atoms with Crippen LogP contribution in [0.4, 0.5) is 11.4 Å². The molecule has 2 atom stereocenters. The number of hydrogen-bond acceptors (Lipinski definition) is 5. The summed E-state index contributed by atoms with van der Waals surface area (Å²) in [6.07, 6.45) is 0.229. The molecule has 1 amide bonds. The summed E-state index contributed by atoms with van der Waals surface area (Å²) in [5, 5.41) is 0.497. The third-order valence-corrected chi connectivity index (χ3v) is 8.95. The van der Waals surface area contributed by atoms with Gasteiger partial charge in [-0.05, 0) is 43.7 Å². The van der Waals surface area contributed by atoms with Crippen molar-refractivity contribution in [1.82, 2.24) is 0 Å². The van der Waals surface area contributed by atoms with Crippen LogP contribution in [0.1, 0.15) is 19.4 Å². The number of carbonyl (C=O) groups excluding carboxylic acids is 1. The SMILES string of the molecule is CCN(CC)c1ccc(N2C(=NC(=O)Cc3ccccc3)S[C@H]3CS(=O)(=O)C[C@H]32)cc1. The van der Waals surface area contributed by atoms with Gasteiger partial charge < -0.3 is 9.80 Å². The van der Waals surface area contributed by atoms with Crippen LogP contribution < -0.4 is 9.80 Å². The van der Waals surface area contributed by atoms with Gasteiger partial charge in [0.2, 0.25) is 0 Å². The Morgan fingerprint density at radius 3 is 2.39 bits per heavy atom. The number of amidine groups is 1. The molecule has 2 aliphatic heterocycles. The van der Waals surface area contributed by atoms with Gasteiger partial charge in [0.05, 0.1) is 24.0 Å². The topological polar surface area (TPSA) is 70.0 Å². The van der Waals surface area contributed by atoms with Crippen molar-refractivity contribution in [3.8, 4) is 0 Å². The molecular formula is C23H27N3O3S2. The van der Waals surface area contributed by atoms with Gasteiger partial charge in [-0.1, -0.05) is 42.1 Å². The number of hydrogen-bond donors (Lipinski definition) is 0. The number of thioether (sulfide) groups is 1. The van der Waals surface area contributed by atoms with Crippen LogP contribution >= 0.6 is 11.8 Å². The first kappa shape index (κ1) is 21.9. The van der Waals surface area contributed by atoms with E-state index in [2.05, 4.69) is 23.7 Å². The molecule has 164 valence electrons. The Kier molecular flexibility index (Phi) is 6.39. The quantitative estimate of drug-likeness (QED) is 0.662. The molecule has 0 N–H and O–H groups in total. The Hall–Kier alpha value is -2.32. The average Bonchev–Trinajstić information content (AvgIpc) is 3.21. The Bertz CT molecular complexity index is 1070. The van der Waals surface area contributed by atoms with Crippen LogP contribution in [-0.2, 0) is 21.1 Å². The molecule has 0 radical (unpaired) electrons. The molecule has 6 nitrogen and oxygen atoms in total. The lowest BCUT2D eigenvalue weighted by Gasteiger charge is -2.26. The molecule has 2 aromatic rings. The van der Waals surface area contributed by atoms with E-state index in [0.717, 1.165) is 30.0 Å². The molecule has 0 bridgehead atoms. The maximum Gasteiger partial charge on any atom is 0.252 e. The maximum atomic E-state index is 12.7. The Morgan fingerprint density at radius 1 is 1.06 bits per heavy atom. The van der Waals surface area contributed by atoms with Gasteiger partial charge in [-0.2, -0.15) is 4.99 Å². The molecule has 0 saturated carbocycles. The highest BCUT2D eigenvalue weighted by Gasteiger charge is 2.49. The molecule has 2 heterocycles. The predicted molar refractivity (Wildman–Crippen MR) is 129 cm³/mol. The first-order chi connectivity index (χ1) is 14.9. The fourth-order valence-electron chi connectivity index (χ4n) is 4.20. The second-order valence-electron chi connectivity index (χ2n) is 7.81. The first-order valence-corrected chi connectivity index (χ1v) is 13.3. The third kappa shape index (κ3) is 4.80. The lowest BCUT2D eigenvalue weighted by atomic mass is 10.1. The monoisotopic (exact) mass is 457 g/mol. The number of benzene rings is 2. The number of nitrogens with zero attached hydrogens (tertiary/aromatic N) is 3. The van der Waals surface area contributed by atoms with E-state index in [4.69, 9.17) is 0 Å². The van der Waals surface area contributed by atoms with Gasteiger partial charge in [0.1, 0.15) is 0 Å². The van der Waals surface area contributed by atoms with Gasteiger partial charge in [0.15, 0.2) is 15.0 Å². The number of rotatable bonds is 6. The smallest absolute Gasteiger partial charge is 0.252 e. The summed E-state index contributed by atoms with van der Waals surface area (Å²) in [7, 11) is -3.09. The zero-order chi connectivity index (χ0) is 22.0. The van der Waals surface area contributed by atoms with Crippen molar-refractivity contribution in [2.75, 3.05) is 34.4 Å². The molecule has 2 aliphatic rings. The van der Waals surface area contributed by atoms with Crippen molar-refractivity contribution in [2.24, 2.45) is 4.99 Å². The average molecular weight is 458 g/mol. The van der Waals surface area contributed by atoms with Gasteiger partial charge in [0, 0.05) is 29.7 Å². The van der Waals surface area contributed by atoms with Crippen molar-refractivity contribution in [1.29, 1.82) is 0 Å². The number of carbonyl (C=O) groups is 1. The molecular weight excluding hydrogens is 430 g/mol. The zero-order valence-electron chi connectivity index (χ0n) is 17.8. The summed E-state index contributed by atoms with van der Waals surface area (Å²) in [5.74, 6) is -0.00216. The zero-order valence-corrected chi connectivity index (χ0v) is 19.4. The lowest BCUT2D eigenvalue weighted by Crippen LogP contribution is -2.37. The fraction of sp³-hybridized carbons (Fsp3) is 0.391. The second-order valence-corrected chi connectivity index (χ2v) is 11.2. The van der Waals surface area contributed by atoms with E-state index in [1.165, 1.54) is 11.8 Å². The van der Waals surface area contributed by atoms with Crippen LogP contribution in [0.15, 0.2) is 59.6 Å². The summed E-state index contributed by atoms with van der Waals surface area (Å²) in [6, 6.07) is 17.4. The normalized spacial score (nSPS) is 23.2. The van der Waals surface area contributed by atoms with E-state index in [0.29, 0.717) is 5.17 Å². The number of sulfone groups is 1. The highest BCUT2D eigenvalue weighted by atomic mass is 32.2. The lowest BCUT2D eigenvalue weighted by molar-refractivity contribution is -0.117. The van der Waals surface area contributed by atoms with Gasteiger partial charge in [0.25, 0.3) is 5.91 Å². The molecule has 2 fully saturated rings. The summed E-state index contributed by atoms with van der Waals surface area (Å²) in [5.41, 5.74) is 2.91. The maximum absolute atomic E-state index is 12.7. The molecule has 0 spiro atoms. The molecule has 0 unspecified atom stereocenters. The van der Waals surface area contributed by atoms with Crippen LogP contribution in [-0.4, -0.2) is 55.4 Å². The Labute approximate surface area is 188 Å². The minimum absolute atomic E-state index is 0.0916. The number of amides is 1. The third-order valence-electron chi connectivity index (χ3n) is 5.74. The fourth-order valence-corrected chi connectivity index (χ4v) is 8.13. The summed E-state index contributed by atoms with van der Waals surface area (Å²) < 4.78 is 24.5. The van der Waals surface area contributed by atoms with Crippen molar-refractivity contribution < 1.29 is 13.2 Å². The molecule has 0 aliphatic carbocycles. The van der Waals surface area contributed by atoms with E-state index in [1.54, 1.807) is 0 Å². The van der Waals surface area contributed by atoms with Gasteiger partial charge >= 0.3 is 0 Å². The summed E-state index contributed by atoms with van der Waals surface area (Å²) in [4.78, 5) is 21.3. The first-order valence-electron chi connectivity index (χ1n) is 10.6. The minimum Gasteiger partial charge on any atom is -0.372 e. The van der Waals surface area contributed by atoms with Crippen LogP contribution in [0.3, 0.4) is 0 Å². The van der Waals surface area contributed by atoms with Crippen LogP contribution in [0.25, 0.3) is 0 Å². The number of anilines is 2. The highest BCUT2D eigenvalue weighted by Crippen LogP contribution is 2.41. The van der Waals surface area contributed by atoms with Crippen molar-refractivity contribution in [3.63, 3.8) is 0 Å². The molecule has 31 heavy (non-hydrogen) atoms. The predicted octanol–water partition coefficient (Wildman–Crippen LogP) is 3.38. The van der Waals surface area contributed by atoms with E-state index in [1.807, 2.05) is 59.5 Å². The van der Waals surface area contributed by atoms with E-state index < -0.39 is 9.84 Å². The molecule has 0 aromatic heterocycles. The van der Waals surface area contributed by atoms with Crippen LogP contribution in [0.5, 0.6) is 0 Å².